The van der Waals surface area contributed by atoms with Gasteiger partial charge >= 0.3 is 0 Å². The number of ether oxygens (including phenoxy) is 3. The van der Waals surface area contributed by atoms with E-state index in [1.165, 1.54) is 0 Å². The highest BCUT2D eigenvalue weighted by Gasteiger charge is 2.17. The van der Waals surface area contributed by atoms with E-state index in [1.54, 1.807) is 27.5 Å². The van der Waals surface area contributed by atoms with Crippen LogP contribution in [0.3, 0.4) is 0 Å². The lowest BCUT2D eigenvalue weighted by Crippen LogP contribution is -2.13. The number of benzene rings is 1. The van der Waals surface area contributed by atoms with Crippen LogP contribution >= 0.6 is 0 Å². The number of aromatic nitrogens is 1. The van der Waals surface area contributed by atoms with Crippen molar-refractivity contribution in [2.45, 2.75) is 13.0 Å². The Kier molecular flexibility index (Phi) is 4.65. The first-order valence-electron chi connectivity index (χ1n) is 6.58. The van der Waals surface area contributed by atoms with E-state index >= 15 is 0 Å². The Hall–Kier alpha value is -2.27. The molecule has 2 aromatic rings. The molecule has 0 aliphatic rings. The fourth-order valence-corrected chi connectivity index (χ4v) is 2.14. The van der Waals surface area contributed by atoms with Gasteiger partial charge in [0.2, 0.25) is 5.75 Å². The van der Waals surface area contributed by atoms with Crippen LogP contribution in [0.1, 0.15) is 22.9 Å². The van der Waals surface area contributed by atoms with Crippen molar-refractivity contribution < 1.29 is 14.2 Å². The predicted octanol–water partition coefficient (Wildman–Crippen LogP) is 2.46. The summed E-state index contributed by atoms with van der Waals surface area (Å²) in [6.45, 7) is 1.94. The van der Waals surface area contributed by atoms with E-state index in [2.05, 4.69) is 4.98 Å². The number of pyridine rings is 1. The van der Waals surface area contributed by atoms with Gasteiger partial charge in [-0.05, 0) is 36.2 Å². The summed E-state index contributed by atoms with van der Waals surface area (Å²) in [6.07, 6.45) is 1.78. The van der Waals surface area contributed by atoms with Crippen molar-refractivity contribution in [2.75, 3.05) is 21.3 Å². The molecule has 21 heavy (non-hydrogen) atoms. The summed E-state index contributed by atoms with van der Waals surface area (Å²) < 4.78 is 16.0. The zero-order chi connectivity index (χ0) is 15.4. The molecule has 112 valence electrons. The number of nitrogens with zero attached hydrogens (tertiary/aromatic N) is 1. The standard InChI is InChI=1S/C16H20N2O3/c1-10-5-6-11(9-18-10)15(17)12-7-13(19-2)16(21-4)14(8-12)20-3/h5-9,15H,17H2,1-4H3. The van der Waals surface area contributed by atoms with Gasteiger partial charge in [-0.15, -0.1) is 0 Å². The average Bonchev–Trinajstić information content (AvgIpc) is 2.53. The van der Waals surface area contributed by atoms with Gasteiger partial charge in [0.15, 0.2) is 11.5 Å². The van der Waals surface area contributed by atoms with Gasteiger partial charge in [-0.2, -0.15) is 0 Å². The molecule has 1 heterocycles. The Morgan fingerprint density at radius 3 is 2.00 bits per heavy atom. The molecule has 0 amide bonds. The van der Waals surface area contributed by atoms with Crippen molar-refractivity contribution in [1.82, 2.24) is 4.98 Å². The normalized spacial score (nSPS) is 11.9. The minimum Gasteiger partial charge on any atom is -0.493 e. The fraction of sp³-hybridized carbons (Fsp3) is 0.312. The van der Waals surface area contributed by atoms with Gasteiger partial charge in [0.05, 0.1) is 27.4 Å². The first-order chi connectivity index (χ1) is 10.1. The van der Waals surface area contributed by atoms with Crippen LogP contribution in [0.25, 0.3) is 0 Å². The summed E-state index contributed by atoms with van der Waals surface area (Å²) in [4.78, 5) is 4.28. The monoisotopic (exact) mass is 288 g/mol. The molecule has 1 atom stereocenters. The van der Waals surface area contributed by atoms with Crippen molar-refractivity contribution >= 4 is 0 Å². The number of rotatable bonds is 5. The van der Waals surface area contributed by atoms with Gasteiger partial charge in [0.1, 0.15) is 0 Å². The molecule has 0 aliphatic heterocycles. The van der Waals surface area contributed by atoms with Gasteiger partial charge in [-0.1, -0.05) is 6.07 Å². The fourth-order valence-electron chi connectivity index (χ4n) is 2.14. The molecule has 0 saturated heterocycles. The van der Waals surface area contributed by atoms with Crippen LogP contribution in [0.5, 0.6) is 17.2 Å². The predicted molar refractivity (Wildman–Crippen MR) is 81.1 cm³/mol. The third-order valence-electron chi connectivity index (χ3n) is 3.34. The Balaban J connectivity index is 2.45. The second kappa shape index (κ2) is 6.45. The summed E-state index contributed by atoms with van der Waals surface area (Å²) in [6, 6.07) is 7.30. The molecule has 0 spiro atoms. The van der Waals surface area contributed by atoms with Crippen LogP contribution in [0.15, 0.2) is 30.5 Å². The first-order valence-corrected chi connectivity index (χ1v) is 6.58. The van der Waals surface area contributed by atoms with Crippen LogP contribution in [0.4, 0.5) is 0 Å². The number of aryl methyl sites for hydroxylation is 1. The van der Waals surface area contributed by atoms with Crippen LogP contribution in [-0.4, -0.2) is 26.3 Å². The largest absolute Gasteiger partial charge is 0.493 e. The maximum atomic E-state index is 6.31. The first kappa shape index (κ1) is 15.1. The van der Waals surface area contributed by atoms with E-state index in [-0.39, 0.29) is 6.04 Å². The molecule has 0 saturated carbocycles. The second-order valence-electron chi connectivity index (χ2n) is 4.67. The highest BCUT2D eigenvalue weighted by molar-refractivity contribution is 5.55. The Morgan fingerprint density at radius 1 is 0.952 bits per heavy atom. The summed E-state index contributed by atoms with van der Waals surface area (Å²) in [5, 5.41) is 0. The molecule has 1 unspecified atom stereocenters. The van der Waals surface area contributed by atoms with Gasteiger partial charge in [-0.3, -0.25) is 4.98 Å². The minimum absolute atomic E-state index is 0.313. The van der Waals surface area contributed by atoms with Gasteiger partial charge in [0, 0.05) is 11.9 Å². The third-order valence-corrected chi connectivity index (χ3v) is 3.34. The van der Waals surface area contributed by atoms with Crippen LogP contribution in [-0.2, 0) is 0 Å². The lowest BCUT2D eigenvalue weighted by atomic mass is 10.00. The average molecular weight is 288 g/mol. The van der Waals surface area contributed by atoms with Gasteiger partial charge < -0.3 is 19.9 Å². The smallest absolute Gasteiger partial charge is 0.203 e. The molecular formula is C16H20N2O3. The van der Waals surface area contributed by atoms with Crippen molar-refractivity contribution in [3.8, 4) is 17.2 Å². The zero-order valence-electron chi connectivity index (χ0n) is 12.7. The number of hydrogen-bond acceptors (Lipinski definition) is 5. The molecule has 0 bridgehead atoms. The Labute approximate surface area is 124 Å². The highest BCUT2D eigenvalue weighted by atomic mass is 16.5. The van der Waals surface area contributed by atoms with E-state index in [4.69, 9.17) is 19.9 Å². The molecule has 2 N–H and O–H groups in total. The minimum atomic E-state index is -0.313. The van der Waals surface area contributed by atoms with E-state index in [0.29, 0.717) is 17.2 Å². The van der Waals surface area contributed by atoms with Crippen molar-refractivity contribution in [3.63, 3.8) is 0 Å². The third kappa shape index (κ3) is 3.08. The maximum Gasteiger partial charge on any atom is 0.203 e. The molecule has 1 aromatic carbocycles. The number of nitrogens with two attached hydrogens (primary N) is 1. The maximum absolute atomic E-state index is 6.31. The lowest BCUT2D eigenvalue weighted by Gasteiger charge is -2.18. The molecule has 5 heteroatoms. The lowest BCUT2D eigenvalue weighted by molar-refractivity contribution is 0.323. The van der Waals surface area contributed by atoms with E-state index in [0.717, 1.165) is 16.8 Å². The molecule has 5 nitrogen and oxygen atoms in total. The van der Waals surface area contributed by atoms with Crippen molar-refractivity contribution in [3.05, 3.63) is 47.3 Å². The van der Waals surface area contributed by atoms with Crippen molar-refractivity contribution in [1.29, 1.82) is 0 Å². The van der Waals surface area contributed by atoms with E-state index < -0.39 is 0 Å². The molecule has 1 aromatic heterocycles. The zero-order valence-corrected chi connectivity index (χ0v) is 12.7. The summed E-state index contributed by atoms with van der Waals surface area (Å²) in [5.74, 6) is 1.72. The molecule has 0 radical (unpaired) electrons. The van der Waals surface area contributed by atoms with Gasteiger partial charge in [0.25, 0.3) is 0 Å². The summed E-state index contributed by atoms with van der Waals surface area (Å²) in [7, 11) is 4.74. The molecule has 2 rings (SSSR count). The number of hydrogen-bond donors (Lipinski definition) is 1. The Morgan fingerprint density at radius 2 is 1.57 bits per heavy atom. The quantitative estimate of drug-likeness (QED) is 0.915. The van der Waals surface area contributed by atoms with Crippen LogP contribution in [0, 0.1) is 6.92 Å². The van der Waals surface area contributed by atoms with Gasteiger partial charge in [-0.25, -0.2) is 0 Å². The second-order valence-corrected chi connectivity index (χ2v) is 4.67. The number of methoxy groups -OCH3 is 3. The molecule has 0 fully saturated rings. The SMILES string of the molecule is COc1cc(C(N)c2ccc(C)nc2)cc(OC)c1OC. The van der Waals surface area contributed by atoms with E-state index in [1.807, 2.05) is 31.2 Å². The molecular weight excluding hydrogens is 268 g/mol. The topological polar surface area (TPSA) is 66.6 Å². The van der Waals surface area contributed by atoms with E-state index in [9.17, 15) is 0 Å². The molecule has 0 aliphatic carbocycles. The Bertz CT molecular complexity index is 586. The highest BCUT2D eigenvalue weighted by Crippen LogP contribution is 2.40. The van der Waals surface area contributed by atoms with Crippen LogP contribution < -0.4 is 19.9 Å². The van der Waals surface area contributed by atoms with Crippen molar-refractivity contribution in [2.24, 2.45) is 5.73 Å². The van der Waals surface area contributed by atoms with Crippen LogP contribution in [0.2, 0.25) is 0 Å². The summed E-state index contributed by atoms with van der Waals surface area (Å²) >= 11 is 0. The summed E-state index contributed by atoms with van der Waals surface area (Å²) in [5.41, 5.74) is 9.06.